The minimum absolute atomic E-state index is 0.0684. The lowest BCUT2D eigenvalue weighted by Crippen LogP contribution is -2.35. The zero-order valence-electron chi connectivity index (χ0n) is 19.7. The van der Waals surface area contributed by atoms with Crippen LogP contribution < -0.4 is 4.72 Å². The Morgan fingerprint density at radius 2 is 1.78 bits per heavy atom. The maximum absolute atomic E-state index is 13.2. The van der Waals surface area contributed by atoms with Gasteiger partial charge in [0.2, 0.25) is 0 Å². The molecule has 1 saturated heterocycles. The number of aromatic nitrogens is 1. The summed E-state index contributed by atoms with van der Waals surface area (Å²) in [6, 6.07) is 23.4. The van der Waals surface area contributed by atoms with Crippen LogP contribution in [-0.4, -0.2) is 46.9 Å². The fourth-order valence-electron chi connectivity index (χ4n) is 4.36. The lowest BCUT2D eigenvalue weighted by atomic mass is 10.2. The van der Waals surface area contributed by atoms with E-state index < -0.39 is 0 Å². The van der Waals surface area contributed by atoms with Crippen LogP contribution >= 0.6 is 35.1 Å². The molecule has 0 bridgehead atoms. The number of anilines is 1. The van der Waals surface area contributed by atoms with Crippen molar-refractivity contribution < 1.29 is 4.79 Å². The van der Waals surface area contributed by atoms with E-state index in [9.17, 15) is 4.79 Å². The third kappa shape index (κ3) is 5.95. The molecular formula is C28H26Cl2N4OS. The number of fused-ring (bicyclic) bond motifs is 1. The number of hydrogen-bond donors (Lipinski definition) is 1. The molecule has 0 unspecified atom stereocenters. The Hall–Kier alpha value is -2.77. The number of nitrogens with one attached hydrogen (secondary N) is 1. The van der Waals surface area contributed by atoms with E-state index in [2.05, 4.69) is 32.8 Å². The summed E-state index contributed by atoms with van der Waals surface area (Å²) in [6.07, 6.45) is 2.73. The van der Waals surface area contributed by atoms with E-state index in [1.54, 1.807) is 6.07 Å². The molecule has 0 atom stereocenters. The van der Waals surface area contributed by atoms with Gasteiger partial charge in [-0.1, -0.05) is 47.5 Å². The number of nitrogens with zero attached hydrogens (tertiary/aromatic N) is 3. The fourth-order valence-corrected chi connectivity index (χ4v) is 5.60. The normalized spacial score (nSPS) is 14.6. The number of halogens is 2. The second-order valence-corrected chi connectivity index (χ2v) is 10.5. The molecule has 4 aromatic rings. The molecule has 2 heterocycles. The molecule has 5 rings (SSSR count). The van der Waals surface area contributed by atoms with Crippen molar-refractivity contribution in [2.75, 3.05) is 30.9 Å². The first-order valence-electron chi connectivity index (χ1n) is 11.9. The summed E-state index contributed by atoms with van der Waals surface area (Å²) in [6.45, 7) is 3.91. The van der Waals surface area contributed by atoms with Crippen LogP contribution in [-0.2, 0) is 6.54 Å². The molecule has 184 valence electrons. The molecule has 0 aliphatic carbocycles. The summed E-state index contributed by atoms with van der Waals surface area (Å²) < 4.78 is 3.37. The SMILES string of the molecule is O=C(c1ccc(NSc2cccc3cccnc23)cc1)N1CCCN(Cc2ccc(Cl)cc2Cl)CC1. The smallest absolute Gasteiger partial charge is 0.253 e. The molecule has 0 spiro atoms. The molecule has 3 aromatic carbocycles. The summed E-state index contributed by atoms with van der Waals surface area (Å²) in [7, 11) is 0. The summed E-state index contributed by atoms with van der Waals surface area (Å²) in [5, 5.41) is 2.43. The van der Waals surface area contributed by atoms with Crippen molar-refractivity contribution in [3.63, 3.8) is 0 Å². The standard InChI is InChI=1S/C28H26Cl2N4OS/c29-23-10-7-22(25(30)18-23)19-33-14-3-15-34(17-16-33)28(35)21-8-11-24(12-9-21)32-36-26-6-1-4-20-5-2-13-31-27(20)26/h1-2,4-13,18,32H,3,14-17,19H2. The largest absolute Gasteiger partial charge is 0.337 e. The first-order valence-corrected chi connectivity index (χ1v) is 13.5. The zero-order valence-corrected chi connectivity index (χ0v) is 22.0. The molecule has 36 heavy (non-hydrogen) atoms. The Morgan fingerprint density at radius 1 is 0.944 bits per heavy atom. The molecule has 1 amide bonds. The third-order valence-corrected chi connectivity index (χ3v) is 7.77. The average Bonchev–Trinajstić information content (AvgIpc) is 3.14. The Morgan fingerprint density at radius 3 is 2.61 bits per heavy atom. The van der Waals surface area contributed by atoms with Gasteiger partial charge in [0.25, 0.3) is 5.91 Å². The number of pyridine rings is 1. The van der Waals surface area contributed by atoms with Crippen LogP contribution in [0.15, 0.2) is 83.9 Å². The molecule has 1 fully saturated rings. The summed E-state index contributed by atoms with van der Waals surface area (Å²) in [4.78, 5) is 23.0. The molecule has 1 aromatic heterocycles. The minimum atomic E-state index is 0.0684. The van der Waals surface area contributed by atoms with Crippen LogP contribution in [0.25, 0.3) is 10.9 Å². The van der Waals surface area contributed by atoms with Gasteiger partial charge in [0, 0.05) is 65.6 Å². The van der Waals surface area contributed by atoms with Crippen molar-refractivity contribution in [2.45, 2.75) is 17.9 Å². The van der Waals surface area contributed by atoms with Gasteiger partial charge in [0.15, 0.2) is 0 Å². The van der Waals surface area contributed by atoms with Gasteiger partial charge in [-0.15, -0.1) is 0 Å². The van der Waals surface area contributed by atoms with Gasteiger partial charge in [-0.05, 0) is 72.5 Å². The van der Waals surface area contributed by atoms with E-state index in [0.29, 0.717) is 22.2 Å². The van der Waals surface area contributed by atoms with Crippen LogP contribution in [0, 0.1) is 0 Å². The predicted octanol–water partition coefficient (Wildman–Crippen LogP) is 7.01. The van der Waals surface area contributed by atoms with E-state index in [-0.39, 0.29) is 5.91 Å². The van der Waals surface area contributed by atoms with Crippen LogP contribution in [0.4, 0.5) is 5.69 Å². The second-order valence-electron chi connectivity index (χ2n) is 8.77. The van der Waals surface area contributed by atoms with Crippen LogP contribution in [0.2, 0.25) is 10.0 Å². The predicted molar refractivity (Wildman–Crippen MR) is 150 cm³/mol. The van der Waals surface area contributed by atoms with Crippen molar-refractivity contribution in [3.8, 4) is 0 Å². The molecule has 5 nitrogen and oxygen atoms in total. The van der Waals surface area contributed by atoms with E-state index >= 15 is 0 Å². The first kappa shape index (κ1) is 24.9. The summed E-state index contributed by atoms with van der Waals surface area (Å²) in [5.74, 6) is 0.0684. The average molecular weight is 538 g/mol. The molecular weight excluding hydrogens is 511 g/mol. The highest BCUT2D eigenvalue weighted by molar-refractivity contribution is 8.00. The topological polar surface area (TPSA) is 48.5 Å². The van der Waals surface area contributed by atoms with Gasteiger partial charge in [-0.3, -0.25) is 14.7 Å². The Kier molecular flexibility index (Phi) is 7.97. The highest BCUT2D eigenvalue weighted by Gasteiger charge is 2.21. The van der Waals surface area contributed by atoms with E-state index in [0.717, 1.165) is 59.6 Å². The summed E-state index contributed by atoms with van der Waals surface area (Å²) >= 11 is 13.9. The Bertz CT molecular complexity index is 1360. The zero-order chi connectivity index (χ0) is 24.9. The van der Waals surface area contributed by atoms with E-state index in [4.69, 9.17) is 23.2 Å². The number of rotatable bonds is 6. The van der Waals surface area contributed by atoms with Crippen molar-refractivity contribution in [1.82, 2.24) is 14.8 Å². The highest BCUT2D eigenvalue weighted by atomic mass is 35.5. The highest BCUT2D eigenvalue weighted by Crippen LogP contribution is 2.28. The molecule has 0 radical (unpaired) electrons. The van der Waals surface area contributed by atoms with E-state index in [1.807, 2.05) is 59.6 Å². The number of benzene rings is 3. The Balaban J connectivity index is 1.17. The quantitative estimate of drug-likeness (QED) is 0.268. The minimum Gasteiger partial charge on any atom is -0.337 e. The molecule has 1 aliphatic rings. The lowest BCUT2D eigenvalue weighted by molar-refractivity contribution is 0.0761. The molecule has 1 aliphatic heterocycles. The van der Waals surface area contributed by atoms with Crippen LogP contribution in [0.3, 0.4) is 0 Å². The number of carbonyl (C=O) groups excluding carboxylic acids is 1. The second kappa shape index (κ2) is 11.5. The van der Waals surface area contributed by atoms with Crippen molar-refractivity contribution in [1.29, 1.82) is 0 Å². The Labute approximate surface area is 225 Å². The van der Waals surface area contributed by atoms with Gasteiger partial charge in [0.1, 0.15) is 0 Å². The van der Waals surface area contributed by atoms with Gasteiger partial charge >= 0.3 is 0 Å². The van der Waals surface area contributed by atoms with Gasteiger partial charge in [-0.25, -0.2) is 0 Å². The van der Waals surface area contributed by atoms with Crippen LogP contribution in [0.5, 0.6) is 0 Å². The number of amides is 1. The maximum Gasteiger partial charge on any atom is 0.253 e. The van der Waals surface area contributed by atoms with E-state index in [1.165, 1.54) is 11.9 Å². The summed E-state index contributed by atoms with van der Waals surface area (Å²) in [5.41, 5.74) is 3.66. The molecule has 0 saturated carbocycles. The maximum atomic E-state index is 13.2. The van der Waals surface area contributed by atoms with Crippen molar-refractivity contribution in [2.24, 2.45) is 0 Å². The van der Waals surface area contributed by atoms with Gasteiger partial charge < -0.3 is 9.62 Å². The van der Waals surface area contributed by atoms with Gasteiger partial charge in [0.05, 0.1) is 10.4 Å². The molecule has 1 N–H and O–H groups in total. The lowest BCUT2D eigenvalue weighted by Gasteiger charge is -2.22. The first-order chi connectivity index (χ1) is 17.6. The number of hydrogen-bond acceptors (Lipinski definition) is 5. The number of carbonyl (C=O) groups is 1. The third-order valence-electron chi connectivity index (χ3n) is 6.29. The number of para-hydroxylation sites is 1. The van der Waals surface area contributed by atoms with Crippen LogP contribution in [0.1, 0.15) is 22.3 Å². The van der Waals surface area contributed by atoms with Gasteiger partial charge in [-0.2, -0.15) is 0 Å². The fraction of sp³-hybridized carbons (Fsp3) is 0.214. The molecule has 8 heteroatoms. The van der Waals surface area contributed by atoms with Crippen molar-refractivity contribution in [3.05, 3.63) is 100 Å². The van der Waals surface area contributed by atoms with Crippen molar-refractivity contribution >= 4 is 57.6 Å². The monoisotopic (exact) mass is 536 g/mol.